The lowest BCUT2D eigenvalue weighted by Crippen LogP contribution is -2.39. The predicted molar refractivity (Wildman–Crippen MR) is 90.8 cm³/mol. The molecular weight excluding hydrogens is 314 g/mol. The van der Waals surface area contributed by atoms with E-state index in [4.69, 9.17) is 16.3 Å². The molecule has 0 atom stereocenters. The number of carbonyl (C=O) groups excluding carboxylic acids is 1. The van der Waals surface area contributed by atoms with E-state index < -0.39 is 5.60 Å². The Labute approximate surface area is 142 Å². The second kappa shape index (κ2) is 7.10. The molecule has 0 saturated carbocycles. The number of hydrogen-bond acceptors (Lipinski definition) is 4. The van der Waals surface area contributed by atoms with Gasteiger partial charge in [0.05, 0.1) is 11.3 Å². The molecule has 0 spiro atoms. The molecule has 1 saturated heterocycles. The number of rotatable bonds is 1. The molecule has 1 aliphatic rings. The fourth-order valence-electron chi connectivity index (χ4n) is 2.54. The summed E-state index contributed by atoms with van der Waals surface area (Å²) >= 11 is 5.95. The van der Waals surface area contributed by atoms with Crippen molar-refractivity contribution in [2.24, 2.45) is 0 Å². The van der Waals surface area contributed by atoms with Crippen LogP contribution in [0.1, 0.15) is 32.8 Å². The molecule has 0 bridgehead atoms. The molecule has 0 aromatic heterocycles. The van der Waals surface area contributed by atoms with Crippen LogP contribution in [-0.2, 0) is 4.74 Å². The van der Waals surface area contributed by atoms with Gasteiger partial charge < -0.3 is 14.5 Å². The van der Waals surface area contributed by atoms with E-state index in [1.54, 1.807) is 17.0 Å². The SMILES string of the molecule is CC(C)(C)OC(=O)N1CCCN(c2ccc(Cl)cc2C#N)CC1. The van der Waals surface area contributed by atoms with Gasteiger partial charge in [-0.25, -0.2) is 4.79 Å². The van der Waals surface area contributed by atoms with Crippen LogP contribution in [0.5, 0.6) is 0 Å². The lowest BCUT2D eigenvalue weighted by Gasteiger charge is -2.27. The smallest absolute Gasteiger partial charge is 0.410 e. The van der Waals surface area contributed by atoms with Gasteiger partial charge >= 0.3 is 6.09 Å². The highest BCUT2D eigenvalue weighted by molar-refractivity contribution is 6.30. The number of hydrogen-bond donors (Lipinski definition) is 0. The average molecular weight is 336 g/mol. The fourth-order valence-corrected chi connectivity index (χ4v) is 2.71. The first-order chi connectivity index (χ1) is 10.8. The van der Waals surface area contributed by atoms with Crippen molar-refractivity contribution in [1.29, 1.82) is 5.26 Å². The summed E-state index contributed by atoms with van der Waals surface area (Å²) in [6, 6.07) is 7.51. The largest absolute Gasteiger partial charge is 0.444 e. The summed E-state index contributed by atoms with van der Waals surface area (Å²) in [4.78, 5) is 16.0. The molecule has 1 fully saturated rings. The molecule has 0 aliphatic carbocycles. The van der Waals surface area contributed by atoms with Gasteiger partial charge in [0.1, 0.15) is 11.7 Å². The van der Waals surface area contributed by atoms with Gasteiger partial charge in [-0.15, -0.1) is 0 Å². The third-order valence-electron chi connectivity index (χ3n) is 3.57. The van der Waals surface area contributed by atoms with Crippen LogP contribution in [0.3, 0.4) is 0 Å². The average Bonchev–Trinajstić information content (AvgIpc) is 2.71. The minimum Gasteiger partial charge on any atom is -0.444 e. The second-order valence-corrected chi connectivity index (χ2v) is 7.02. The fraction of sp³-hybridized carbons (Fsp3) is 0.529. The van der Waals surface area contributed by atoms with Crippen LogP contribution < -0.4 is 4.90 Å². The number of ether oxygens (including phenoxy) is 1. The minimum atomic E-state index is -0.493. The summed E-state index contributed by atoms with van der Waals surface area (Å²) in [6.07, 6.45) is 0.545. The van der Waals surface area contributed by atoms with Crippen molar-refractivity contribution in [3.05, 3.63) is 28.8 Å². The molecule has 1 aromatic carbocycles. The summed E-state index contributed by atoms with van der Waals surface area (Å²) in [5.74, 6) is 0. The van der Waals surface area contributed by atoms with Crippen molar-refractivity contribution in [2.45, 2.75) is 32.8 Å². The molecule has 0 N–H and O–H groups in total. The standard InChI is InChI=1S/C17H22ClN3O2/c1-17(2,3)23-16(22)21-8-4-7-20(9-10-21)15-6-5-14(18)11-13(15)12-19/h5-6,11H,4,7-10H2,1-3H3. The number of nitriles is 1. The van der Waals surface area contributed by atoms with E-state index in [-0.39, 0.29) is 6.09 Å². The highest BCUT2D eigenvalue weighted by Gasteiger charge is 2.25. The maximum absolute atomic E-state index is 12.2. The Morgan fingerprint density at radius 2 is 2.00 bits per heavy atom. The van der Waals surface area contributed by atoms with E-state index in [2.05, 4.69) is 11.0 Å². The van der Waals surface area contributed by atoms with Gasteiger partial charge in [0.2, 0.25) is 0 Å². The molecule has 124 valence electrons. The molecule has 1 heterocycles. The molecule has 1 aliphatic heterocycles. The van der Waals surface area contributed by atoms with E-state index in [9.17, 15) is 10.1 Å². The Morgan fingerprint density at radius 3 is 2.65 bits per heavy atom. The van der Waals surface area contributed by atoms with Crippen molar-refractivity contribution in [3.8, 4) is 6.07 Å². The Balaban J connectivity index is 2.07. The molecule has 2 rings (SSSR count). The maximum Gasteiger partial charge on any atom is 0.410 e. The number of halogens is 1. The van der Waals surface area contributed by atoms with Crippen LogP contribution in [0.15, 0.2) is 18.2 Å². The number of nitrogens with zero attached hydrogens (tertiary/aromatic N) is 3. The lowest BCUT2D eigenvalue weighted by molar-refractivity contribution is 0.0263. The maximum atomic E-state index is 12.2. The van der Waals surface area contributed by atoms with Crippen LogP contribution in [0.25, 0.3) is 0 Å². The van der Waals surface area contributed by atoms with Crippen molar-refractivity contribution in [3.63, 3.8) is 0 Å². The minimum absolute atomic E-state index is 0.282. The number of carbonyl (C=O) groups is 1. The second-order valence-electron chi connectivity index (χ2n) is 6.58. The Hall–Kier alpha value is -1.93. The van der Waals surface area contributed by atoms with E-state index in [0.717, 1.165) is 18.7 Å². The van der Waals surface area contributed by atoms with Crippen LogP contribution >= 0.6 is 11.6 Å². The zero-order valence-corrected chi connectivity index (χ0v) is 14.6. The predicted octanol–water partition coefficient (Wildman–Crippen LogP) is 3.66. The topological polar surface area (TPSA) is 56.6 Å². The van der Waals surface area contributed by atoms with Gasteiger partial charge in [0.15, 0.2) is 0 Å². The summed E-state index contributed by atoms with van der Waals surface area (Å²) in [7, 11) is 0. The van der Waals surface area contributed by atoms with E-state index in [1.165, 1.54) is 0 Å². The van der Waals surface area contributed by atoms with Gasteiger partial charge in [-0.05, 0) is 45.4 Å². The van der Waals surface area contributed by atoms with Crippen molar-refractivity contribution < 1.29 is 9.53 Å². The number of benzene rings is 1. The molecule has 5 nitrogen and oxygen atoms in total. The zero-order valence-electron chi connectivity index (χ0n) is 13.8. The quantitative estimate of drug-likeness (QED) is 0.786. The summed E-state index contributed by atoms with van der Waals surface area (Å²) in [5.41, 5.74) is 0.930. The first-order valence-electron chi connectivity index (χ1n) is 7.73. The summed E-state index contributed by atoms with van der Waals surface area (Å²) in [5, 5.41) is 9.84. The van der Waals surface area contributed by atoms with Gasteiger partial charge in [0.25, 0.3) is 0 Å². The Morgan fingerprint density at radius 1 is 1.26 bits per heavy atom. The monoisotopic (exact) mass is 335 g/mol. The first kappa shape index (κ1) is 17.4. The zero-order chi connectivity index (χ0) is 17.0. The highest BCUT2D eigenvalue weighted by atomic mass is 35.5. The normalized spacial score (nSPS) is 15.8. The van der Waals surface area contributed by atoms with Crippen LogP contribution in [-0.4, -0.2) is 42.8 Å². The molecule has 0 radical (unpaired) electrons. The van der Waals surface area contributed by atoms with Gasteiger partial charge in [-0.3, -0.25) is 0 Å². The van der Waals surface area contributed by atoms with Crippen LogP contribution in [0.2, 0.25) is 5.02 Å². The Bertz CT molecular complexity index is 619. The summed E-state index contributed by atoms with van der Waals surface area (Å²) in [6.45, 7) is 8.26. The third-order valence-corrected chi connectivity index (χ3v) is 3.80. The lowest BCUT2D eigenvalue weighted by atomic mass is 10.1. The Kier molecular flexibility index (Phi) is 5.38. The number of anilines is 1. The van der Waals surface area contributed by atoms with Crippen molar-refractivity contribution >= 4 is 23.4 Å². The molecule has 23 heavy (non-hydrogen) atoms. The molecule has 1 aromatic rings. The van der Waals surface area contributed by atoms with E-state index in [0.29, 0.717) is 30.2 Å². The first-order valence-corrected chi connectivity index (χ1v) is 8.10. The molecule has 0 unspecified atom stereocenters. The van der Waals surface area contributed by atoms with Crippen LogP contribution in [0.4, 0.5) is 10.5 Å². The number of amides is 1. The van der Waals surface area contributed by atoms with Gasteiger partial charge in [-0.2, -0.15) is 5.26 Å². The molecule has 6 heteroatoms. The van der Waals surface area contributed by atoms with E-state index in [1.807, 2.05) is 26.8 Å². The van der Waals surface area contributed by atoms with Crippen molar-refractivity contribution in [2.75, 3.05) is 31.1 Å². The van der Waals surface area contributed by atoms with Gasteiger partial charge in [-0.1, -0.05) is 11.6 Å². The summed E-state index contributed by atoms with van der Waals surface area (Å²) < 4.78 is 5.43. The molecular formula is C17H22ClN3O2. The van der Waals surface area contributed by atoms with Gasteiger partial charge in [0, 0.05) is 31.2 Å². The molecule has 1 amide bonds. The van der Waals surface area contributed by atoms with Crippen LogP contribution in [0, 0.1) is 11.3 Å². The van der Waals surface area contributed by atoms with Crippen molar-refractivity contribution in [1.82, 2.24) is 4.90 Å². The third kappa shape index (κ3) is 4.77. The highest BCUT2D eigenvalue weighted by Crippen LogP contribution is 2.25. The van der Waals surface area contributed by atoms with E-state index >= 15 is 0 Å².